The number of ether oxygens (including phenoxy) is 8. The molecule has 2 rings (SSSR count). The van der Waals surface area contributed by atoms with Crippen molar-refractivity contribution >= 4 is 36.2 Å². The molecule has 0 aliphatic rings. The fourth-order valence-corrected chi connectivity index (χ4v) is 3.47. The number of carbonyl (C=O) groups excluding carboxylic acids is 6. The predicted molar refractivity (Wildman–Crippen MR) is 176 cm³/mol. The summed E-state index contributed by atoms with van der Waals surface area (Å²) in [7, 11) is 0. The van der Waals surface area contributed by atoms with Crippen molar-refractivity contribution in [2.75, 3.05) is 26.4 Å². The van der Waals surface area contributed by atoms with Gasteiger partial charge in [-0.15, -0.1) is 0 Å². The highest BCUT2D eigenvalue weighted by atomic mass is 16.7. The standard InChI is InChI=1S/C36H38O14/c1-5-31(37)43-21-7-9-23-45-35(41)49-29-17-13-27(14-18-29)33(39)47-25(3)11-12-26(4)48-34(40)28-15-19-30(20-16-28)50-36(42)46-24-10-8-22-44-32(38)6-2/h5-6,11-20H,1-2,7-10,21-24H2,3-4H3/b25-11+,26-12+. The Labute approximate surface area is 288 Å². The summed E-state index contributed by atoms with van der Waals surface area (Å²) in [6.07, 6.45) is 5.05. The number of carbonyl (C=O) groups is 6. The molecule has 0 saturated heterocycles. The smallest absolute Gasteiger partial charge is 0.463 e. The fraction of sp³-hybridized carbons (Fsp3) is 0.278. The van der Waals surface area contributed by atoms with Gasteiger partial charge in [0, 0.05) is 12.2 Å². The van der Waals surface area contributed by atoms with Gasteiger partial charge in [-0.3, -0.25) is 0 Å². The zero-order valence-electron chi connectivity index (χ0n) is 27.7. The Kier molecular flexibility index (Phi) is 17.9. The van der Waals surface area contributed by atoms with Gasteiger partial charge in [-0.2, -0.15) is 0 Å². The zero-order valence-corrected chi connectivity index (χ0v) is 27.7. The second-order valence-corrected chi connectivity index (χ2v) is 9.94. The molecule has 14 heteroatoms. The summed E-state index contributed by atoms with van der Waals surface area (Å²) >= 11 is 0. The lowest BCUT2D eigenvalue weighted by Gasteiger charge is -2.08. The zero-order chi connectivity index (χ0) is 36.7. The molecular formula is C36H38O14. The van der Waals surface area contributed by atoms with Crippen LogP contribution in [0.5, 0.6) is 11.5 Å². The second kappa shape index (κ2) is 22.4. The van der Waals surface area contributed by atoms with E-state index in [1.165, 1.54) is 74.5 Å². The first-order valence-corrected chi connectivity index (χ1v) is 15.3. The van der Waals surface area contributed by atoms with Crippen LogP contribution >= 0.6 is 0 Å². The van der Waals surface area contributed by atoms with Crippen molar-refractivity contribution < 1.29 is 66.7 Å². The van der Waals surface area contributed by atoms with Crippen LogP contribution in [0.25, 0.3) is 0 Å². The van der Waals surface area contributed by atoms with E-state index in [0.29, 0.717) is 25.7 Å². The molecule has 0 fully saturated rings. The van der Waals surface area contributed by atoms with Crippen molar-refractivity contribution in [3.63, 3.8) is 0 Å². The fourth-order valence-electron chi connectivity index (χ4n) is 3.47. The van der Waals surface area contributed by atoms with Crippen LogP contribution in [-0.2, 0) is 38.0 Å². The van der Waals surface area contributed by atoms with Gasteiger partial charge in [0.25, 0.3) is 0 Å². The summed E-state index contributed by atoms with van der Waals surface area (Å²) in [6, 6.07) is 11.2. The Morgan fingerprint density at radius 2 is 0.840 bits per heavy atom. The quantitative estimate of drug-likeness (QED) is 0.0294. The van der Waals surface area contributed by atoms with Crippen molar-refractivity contribution in [2.45, 2.75) is 39.5 Å². The van der Waals surface area contributed by atoms with Gasteiger partial charge < -0.3 is 37.9 Å². The molecule has 0 heterocycles. The highest BCUT2D eigenvalue weighted by molar-refractivity contribution is 5.91. The molecular weight excluding hydrogens is 656 g/mol. The summed E-state index contributed by atoms with van der Waals surface area (Å²) in [6.45, 7) is 10.1. The van der Waals surface area contributed by atoms with E-state index in [2.05, 4.69) is 13.2 Å². The van der Waals surface area contributed by atoms with Crippen LogP contribution in [0.2, 0.25) is 0 Å². The maximum absolute atomic E-state index is 12.5. The first kappa shape index (κ1) is 40.0. The third kappa shape index (κ3) is 16.6. The van der Waals surface area contributed by atoms with Gasteiger partial charge in [0.1, 0.15) is 23.0 Å². The SMILES string of the molecule is C=CC(=O)OCCCCOC(=O)Oc1ccc(C(=O)O/C(C)=C/C=C(\C)OC(=O)c2ccc(OC(=O)OCCCCOC(=O)C=C)cc2)cc1. The molecule has 0 unspecified atom stereocenters. The summed E-state index contributed by atoms with van der Waals surface area (Å²) in [5.41, 5.74) is 0.369. The Morgan fingerprint density at radius 1 is 0.520 bits per heavy atom. The first-order chi connectivity index (χ1) is 24.0. The summed E-state index contributed by atoms with van der Waals surface area (Å²) < 4.78 is 40.3. The molecule has 0 saturated carbocycles. The number of benzene rings is 2. The number of esters is 4. The number of hydrogen-bond donors (Lipinski definition) is 0. The van der Waals surface area contributed by atoms with Gasteiger partial charge in [0.05, 0.1) is 37.6 Å². The van der Waals surface area contributed by atoms with Crippen molar-refractivity contribution in [2.24, 2.45) is 0 Å². The number of allylic oxidation sites excluding steroid dienone is 4. The third-order valence-electron chi connectivity index (χ3n) is 5.98. The van der Waals surface area contributed by atoms with Gasteiger partial charge in [-0.1, -0.05) is 13.2 Å². The average molecular weight is 695 g/mol. The lowest BCUT2D eigenvalue weighted by Crippen LogP contribution is -2.12. The van der Waals surface area contributed by atoms with Gasteiger partial charge in [0.2, 0.25) is 0 Å². The van der Waals surface area contributed by atoms with Gasteiger partial charge in [0.15, 0.2) is 0 Å². The van der Waals surface area contributed by atoms with E-state index in [0.717, 1.165) is 12.2 Å². The van der Waals surface area contributed by atoms with E-state index in [1.54, 1.807) is 0 Å². The molecule has 0 radical (unpaired) electrons. The number of rotatable bonds is 19. The number of unbranched alkanes of at least 4 members (excludes halogenated alkanes) is 2. The van der Waals surface area contributed by atoms with Crippen LogP contribution < -0.4 is 9.47 Å². The second-order valence-electron chi connectivity index (χ2n) is 9.94. The monoisotopic (exact) mass is 694 g/mol. The minimum Gasteiger partial charge on any atom is -0.463 e. The Bertz CT molecular complexity index is 1430. The van der Waals surface area contributed by atoms with Gasteiger partial charge in [-0.05, 0) is 100 Å². The topological polar surface area (TPSA) is 176 Å². The highest BCUT2D eigenvalue weighted by Crippen LogP contribution is 2.17. The number of hydrogen-bond acceptors (Lipinski definition) is 14. The van der Waals surface area contributed by atoms with E-state index in [-0.39, 0.29) is 60.6 Å². The van der Waals surface area contributed by atoms with Crippen LogP contribution in [0.1, 0.15) is 60.2 Å². The predicted octanol–water partition coefficient (Wildman–Crippen LogP) is 6.56. The molecule has 0 aliphatic heterocycles. The van der Waals surface area contributed by atoms with E-state index in [9.17, 15) is 28.8 Å². The largest absolute Gasteiger partial charge is 0.513 e. The van der Waals surface area contributed by atoms with Gasteiger partial charge >= 0.3 is 36.2 Å². The minimum absolute atomic E-state index is 0.0679. The third-order valence-corrected chi connectivity index (χ3v) is 5.98. The maximum atomic E-state index is 12.5. The van der Waals surface area contributed by atoms with E-state index < -0.39 is 36.2 Å². The van der Waals surface area contributed by atoms with E-state index in [4.69, 9.17) is 37.9 Å². The Balaban J connectivity index is 1.73. The molecule has 0 N–H and O–H groups in total. The molecule has 2 aromatic rings. The van der Waals surface area contributed by atoms with Crippen molar-refractivity contribution in [3.8, 4) is 11.5 Å². The average Bonchev–Trinajstić information content (AvgIpc) is 3.10. The van der Waals surface area contributed by atoms with Crippen molar-refractivity contribution in [1.82, 2.24) is 0 Å². The van der Waals surface area contributed by atoms with Crippen molar-refractivity contribution in [3.05, 3.63) is 109 Å². The van der Waals surface area contributed by atoms with Crippen molar-refractivity contribution in [1.29, 1.82) is 0 Å². The molecule has 0 amide bonds. The first-order valence-electron chi connectivity index (χ1n) is 15.3. The lowest BCUT2D eigenvalue weighted by atomic mass is 10.2. The summed E-state index contributed by atoms with van der Waals surface area (Å²) in [5.74, 6) is -1.69. The minimum atomic E-state index is -0.927. The van der Waals surface area contributed by atoms with Gasteiger partial charge in [-0.25, -0.2) is 28.8 Å². The van der Waals surface area contributed by atoms with Crippen LogP contribution in [-0.4, -0.2) is 62.6 Å². The molecule has 0 aromatic heterocycles. The molecule has 0 aliphatic carbocycles. The highest BCUT2D eigenvalue weighted by Gasteiger charge is 2.13. The van der Waals surface area contributed by atoms with Crippen LogP contribution in [0, 0.1) is 0 Å². The molecule has 266 valence electrons. The van der Waals surface area contributed by atoms with E-state index in [1.807, 2.05) is 0 Å². The normalized spacial score (nSPS) is 10.9. The van der Waals surface area contributed by atoms with Crippen LogP contribution in [0.15, 0.2) is 97.5 Å². The summed E-state index contributed by atoms with van der Waals surface area (Å²) in [5, 5.41) is 0. The van der Waals surface area contributed by atoms with Crippen LogP contribution in [0.3, 0.4) is 0 Å². The molecule has 0 spiro atoms. The maximum Gasteiger partial charge on any atom is 0.513 e. The molecule has 0 atom stereocenters. The Morgan fingerprint density at radius 3 is 1.16 bits per heavy atom. The Hall–Kier alpha value is -6.18. The molecule has 50 heavy (non-hydrogen) atoms. The molecule has 0 bridgehead atoms. The molecule has 14 nitrogen and oxygen atoms in total. The lowest BCUT2D eigenvalue weighted by molar-refractivity contribution is -0.138. The molecule has 2 aromatic carbocycles. The van der Waals surface area contributed by atoms with Crippen LogP contribution in [0.4, 0.5) is 9.59 Å². The van der Waals surface area contributed by atoms with E-state index >= 15 is 0 Å². The summed E-state index contributed by atoms with van der Waals surface area (Å²) in [4.78, 5) is 70.6.